The van der Waals surface area contributed by atoms with Gasteiger partial charge in [-0.3, -0.25) is 4.79 Å². The molecular weight excluding hydrogens is 299 g/mol. The maximum Gasteiger partial charge on any atom is 0.240 e. The molecule has 1 aromatic carbocycles. The average Bonchev–Trinajstić information content (AvgIpc) is 2.85. The van der Waals surface area contributed by atoms with Crippen LogP contribution in [0.5, 0.6) is 5.75 Å². The van der Waals surface area contributed by atoms with Gasteiger partial charge in [-0.25, -0.2) is 0 Å². The molecule has 1 amide bonds. The lowest BCUT2D eigenvalue weighted by Gasteiger charge is -2.22. The van der Waals surface area contributed by atoms with E-state index in [1.54, 1.807) is 24.3 Å². The van der Waals surface area contributed by atoms with E-state index in [0.29, 0.717) is 18.2 Å². The fourth-order valence-electron chi connectivity index (χ4n) is 2.27. The molecule has 3 N–H and O–H groups in total. The summed E-state index contributed by atoms with van der Waals surface area (Å²) in [6, 6.07) is 7.13. The Morgan fingerprint density at radius 3 is 2.50 bits per heavy atom. The molecule has 0 heterocycles. The summed E-state index contributed by atoms with van der Waals surface area (Å²) in [5, 5.41) is 3.50. The van der Waals surface area contributed by atoms with Gasteiger partial charge in [0.05, 0.1) is 12.1 Å². The lowest BCUT2D eigenvalue weighted by atomic mass is 9.98. The number of nitrogens with one attached hydrogen (secondary N) is 1. The first-order valence-electron chi connectivity index (χ1n) is 6.56. The van der Waals surface area contributed by atoms with E-state index in [9.17, 15) is 4.79 Å². The Morgan fingerprint density at radius 2 is 1.90 bits per heavy atom. The Morgan fingerprint density at radius 1 is 1.30 bits per heavy atom. The molecule has 0 aromatic heterocycles. The van der Waals surface area contributed by atoms with Crippen molar-refractivity contribution in [2.45, 2.75) is 31.2 Å². The monoisotopic (exact) mass is 318 g/mol. The first kappa shape index (κ1) is 17.1. The number of benzene rings is 1. The second-order valence-corrected chi connectivity index (χ2v) is 5.36. The summed E-state index contributed by atoms with van der Waals surface area (Å²) in [5.41, 5.74) is 5.38. The van der Waals surface area contributed by atoms with Crippen LogP contribution in [0.1, 0.15) is 25.7 Å². The fourth-order valence-corrected chi connectivity index (χ4v) is 2.40. The standard InChI is InChI=1S/C14H19ClN2O2.ClH/c15-11-3-5-12(6-4-11)19-10-9-17-13(18)14(16)7-1-2-8-14;/h3-6H,1-2,7-10,16H2,(H,17,18);1H. The minimum atomic E-state index is -0.666. The van der Waals surface area contributed by atoms with Gasteiger partial charge >= 0.3 is 0 Å². The molecule has 0 radical (unpaired) electrons. The fraction of sp³-hybridized carbons (Fsp3) is 0.500. The molecule has 1 saturated carbocycles. The highest BCUT2D eigenvalue weighted by Crippen LogP contribution is 2.27. The van der Waals surface area contributed by atoms with E-state index < -0.39 is 5.54 Å². The quantitative estimate of drug-likeness (QED) is 0.820. The van der Waals surface area contributed by atoms with Crippen LogP contribution >= 0.6 is 24.0 Å². The van der Waals surface area contributed by atoms with Crippen molar-refractivity contribution in [2.24, 2.45) is 5.73 Å². The molecule has 0 saturated heterocycles. The van der Waals surface area contributed by atoms with Gasteiger partial charge < -0.3 is 15.8 Å². The molecule has 0 unspecified atom stereocenters. The third kappa shape index (κ3) is 4.54. The molecule has 112 valence electrons. The normalized spacial score (nSPS) is 16.3. The Labute approximate surface area is 130 Å². The molecule has 20 heavy (non-hydrogen) atoms. The van der Waals surface area contributed by atoms with Gasteiger partial charge in [-0.2, -0.15) is 0 Å². The van der Waals surface area contributed by atoms with E-state index in [4.69, 9.17) is 22.1 Å². The smallest absolute Gasteiger partial charge is 0.240 e. The number of nitrogens with two attached hydrogens (primary N) is 1. The largest absolute Gasteiger partial charge is 0.492 e. The molecule has 0 bridgehead atoms. The number of hydrogen-bond acceptors (Lipinski definition) is 3. The minimum Gasteiger partial charge on any atom is -0.492 e. The number of carbonyl (C=O) groups excluding carboxylic acids is 1. The molecule has 1 aromatic rings. The summed E-state index contributed by atoms with van der Waals surface area (Å²) in [4.78, 5) is 11.9. The summed E-state index contributed by atoms with van der Waals surface area (Å²) in [5.74, 6) is 0.673. The van der Waals surface area contributed by atoms with Gasteiger partial charge in [-0.15, -0.1) is 12.4 Å². The van der Waals surface area contributed by atoms with Crippen LogP contribution in [0.15, 0.2) is 24.3 Å². The van der Waals surface area contributed by atoms with E-state index >= 15 is 0 Å². The number of hydrogen-bond donors (Lipinski definition) is 2. The van der Waals surface area contributed by atoms with Crippen LogP contribution in [0.2, 0.25) is 5.02 Å². The van der Waals surface area contributed by atoms with Gasteiger partial charge in [0, 0.05) is 5.02 Å². The Bertz CT molecular complexity index is 431. The van der Waals surface area contributed by atoms with Crippen LogP contribution in [0.4, 0.5) is 0 Å². The maximum atomic E-state index is 11.9. The summed E-state index contributed by atoms with van der Waals surface area (Å²) in [7, 11) is 0. The summed E-state index contributed by atoms with van der Waals surface area (Å²) in [6.45, 7) is 0.879. The first-order valence-corrected chi connectivity index (χ1v) is 6.93. The molecule has 1 aliphatic carbocycles. The lowest BCUT2D eigenvalue weighted by molar-refractivity contribution is -0.126. The van der Waals surface area contributed by atoms with Crippen molar-refractivity contribution in [1.29, 1.82) is 0 Å². The Hall–Kier alpha value is -0.970. The molecular formula is C14H20Cl2N2O2. The maximum absolute atomic E-state index is 11.9. The summed E-state index contributed by atoms with van der Waals surface area (Å²) >= 11 is 5.78. The molecule has 6 heteroatoms. The second-order valence-electron chi connectivity index (χ2n) is 4.92. The predicted octanol–water partition coefficient (Wildman–Crippen LogP) is 2.53. The van der Waals surface area contributed by atoms with Gasteiger partial charge in [-0.05, 0) is 37.1 Å². The highest BCUT2D eigenvalue weighted by molar-refractivity contribution is 6.30. The second kappa shape index (κ2) is 7.72. The highest BCUT2D eigenvalue weighted by atomic mass is 35.5. The molecule has 1 aliphatic rings. The third-order valence-corrected chi connectivity index (χ3v) is 3.67. The summed E-state index contributed by atoms with van der Waals surface area (Å²) < 4.78 is 5.49. The van der Waals surface area contributed by atoms with Crippen molar-refractivity contribution in [3.05, 3.63) is 29.3 Å². The van der Waals surface area contributed by atoms with Crippen LogP contribution in [0.25, 0.3) is 0 Å². The van der Waals surface area contributed by atoms with Crippen molar-refractivity contribution in [1.82, 2.24) is 5.32 Å². The number of halogens is 2. The van der Waals surface area contributed by atoms with Gasteiger partial charge in [0.25, 0.3) is 0 Å². The highest BCUT2D eigenvalue weighted by Gasteiger charge is 2.36. The number of carbonyl (C=O) groups is 1. The lowest BCUT2D eigenvalue weighted by Crippen LogP contribution is -2.52. The summed E-state index contributed by atoms with van der Waals surface area (Å²) in [6.07, 6.45) is 3.62. The van der Waals surface area contributed by atoms with Crippen LogP contribution in [0.3, 0.4) is 0 Å². The van der Waals surface area contributed by atoms with E-state index in [-0.39, 0.29) is 18.3 Å². The minimum absolute atomic E-state index is 0. The zero-order valence-corrected chi connectivity index (χ0v) is 12.8. The molecule has 1 fully saturated rings. The van der Waals surface area contributed by atoms with E-state index in [1.807, 2.05) is 0 Å². The molecule has 0 aliphatic heterocycles. The van der Waals surface area contributed by atoms with Crippen molar-refractivity contribution in [2.75, 3.05) is 13.2 Å². The number of amides is 1. The van der Waals surface area contributed by atoms with Crippen molar-refractivity contribution in [3.8, 4) is 5.75 Å². The zero-order chi connectivity index (χ0) is 13.7. The topological polar surface area (TPSA) is 64.4 Å². The van der Waals surface area contributed by atoms with Crippen LogP contribution in [-0.4, -0.2) is 24.6 Å². The van der Waals surface area contributed by atoms with Crippen LogP contribution in [-0.2, 0) is 4.79 Å². The van der Waals surface area contributed by atoms with Crippen LogP contribution < -0.4 is 15.8 Å². The average molecular weight is 319 g/mol. The van der Waals surface area contributed by atoms with E-state index in [0.717, 1.165) is 31.4 Å². The number of rotatable bonds is 5. The van der Waals surface area contributed by atoms with Crippen molar-refractivity contribution in [3.63, 3.8) is 0 Å². The van der Waals surface area contributed by atoms with Gasteiger partial charge in [0.1, 0.15) is 12.4 Å². The third-order valence-electron chi connectivity index (χ3n) is 3.42. The van der Waals surface area contributed by atoms with E-state index in [1.165, 1.54) is 0 Å². The van der Waals surface area contributed by atoms with Crippen molar-refractivity contribution < 1.29 is 9.53 Å². The molecule has 0 spiro atoms. The predicted molar refractivity (Wildman–Crippen MR) is 82.6 cm³/mol. The van der Waals surface area contributed by atoms with Crippen molar-refractivity contribution >= 4 is 29.9 Å². The number of ether oxygens (including phenoxy) is 1. The Kier molecular flexibility index (Phi) is 6.59. The molecule has 4 nitrogen and oxygen atoms in total. The molecule has 2 rings (SSSR count). The van der Waals surface area contributed by atoms with E-state index in [2.05, 4.69) is 5.32 Å². The van der Waals surface area contributed by atoms with Gasteiger partial charge in [-0.1, -0.05) is 24.4 Å². The van der Waals surface area contributed by atoms with Crippen LogP contribution in [0, 0.1) is 0 Å². The SMILES string of the molecule is Cl.NC1(C(=O)NCCOc2ccc(Cl)cc2)CCCC1. The zero-order valence-electron chi connectivity index (χ0n) is 11.2. The molecule has 0 atom stereocenters. The van der Waals surface area contributed by atoms with Gasteiger partial charge in [0.15, 0.2) is 0 Å². The Balaban J connectivity index is 0.00000200. The van der Waals surface area contributed by atoms with Gasteiger partial charge in [0.2, 0.25) is 5.91 Å². The first-order chi connectivity index (χ1) is 9.10.